The van der Waals surface area contributed by atoms with E-state index in [2.05, 4.69) is 15.6 Å². The van der Waals surface area contributed by atoms with Gasteiger partial charge in [-0.2, -0.15) is 0 Å². The van der Waals surface area contributed by atoms with Gasteiger partial charge in [-0.1, -0.05) is 11.8 Å². The molecular weight excluding hydrogens is 358 g/mol. The monoisotopic (exact) mass is 377 g/mol. The number of aromatic nitrogens is 2. The quantitative estimate of drug-likeness (QED) is 0.495. The lowest BCUT2D eigenvalue weighted by Crippen LogP contribution is -2.21. The average Bonchev–Trinajstić information content (AvgIpc) is 2.95. The van der Waals surface area contributed by atoms with Crippen LogP contribution in [0.1, 0.15) is 12.6 Å². The van der Waals surface area contributed by atoms with Crippen LogP contribution in [0.3, 0.4) is 0 Å². The highest BCUT2D eigenvalue weighted by Crippen LogP contribution is 2.20. The third-order valence-electron chi connectivity index (χ3n) is 3.20. The van der Waals surface area contributed by atoms with E-state index >= 15 is 0 Å². The number of carbonyl (C=O) groups is 3. The number of carbonyl (C=O) groups excluding carboxylic acids is 3. The van der Waals surface area contributed by atoms with Crippen molar-refractivity contribution in [1.29, 1.82) is 0 Å². The molecule has 2 aromatic rings. The van der Waals surface area contributed by atoms with E-state index in [-0.39, 0.29) is 30.7 Å². The summed E-state index contributed by atoms with van der Waals surface area (Å²) in [5.41, 5.74) is 6.86. The molecule has 3 amide bonds. The predicted molar refractivity (Wildman–Crippen MR) is 97.4 cm³/mol. The summed E-state index contributed by atoms with van der Waals surface area (Å²) in [4.78, 5) is 38.3. The first-order chi connectivity index (χ1) is 12.4. The third kappa shape index (κ3) is 5.60. The molecule has 26 heavy (non-hydrogen) atoms. The highest BCUT2D eigenvalue weighted by molar-refractivity contribution is 7.99. The lowest BCUT2D eigenvalue weighted by molar-refractivity contribution is -0.118. The van der Waals surface area contributed by atoms with Crippen molar-refractivity contribution in [3.8, 4) is 0 Å². The minimum atomic E-state index is -0.566. The van der Waals surface area contributed by atoms with Gasteiger partial charge in [-0.05, 0) is 24.3 Å². The topological polar surface area (TPSA) is 139 Å². The molecule has 9 nitrogen and oxygen atoms in total. The second kappa shape index (κ2) is 9.02. The number of amides is 3. The molecule has 0 radical (unpaired) electrons. The van der Waals surface area contributed by atoms with Crippen molar-refractivity contribution in [2.24, 2.45) is 5.73 Å². The van der Waals surface area contributed by atoms with Crippen LogP contribution < -0.4 is 16.4 Å². The van der Waals surface area contributed by atoms with Crippen molar-refractivity contribution in [3.05, 3.63) is 36.2 Å². The summed E-state index contributed by atoms with van der Waals surface area (Å²) in [6.45, 7) is 1.01. The van der Waals surface area contributed by atoms with Crippen molar-refractivity contribution >= 4 is 40.9 Å². The van der Waals surface area contributed by atoms with Crippen LogP contribution in [0.5, 0.6) is 0 Å². The molecule has 1 aromatic carbocycles. The van der Waals surface area contributed by atoms with Crippen molar-refractivity contribution in [2.45, 2.75) is 25.2 Å². The van der Waals surface area contributed by atoms with E-state index < -0.39 is 5.91 Å². The van der Waals surface area contributed by atoms with Gasteiger partial charge in [0.15, 0.2) is 5.16 Å². The summed E-state index contributed by atoms with van der Waals surface area (Å²) < 4.78 is 1.47. The van der Waals surface area contributed by atoms with Gasteiger partial charge in [0.05, 0.1) is 24.3 Å². The van der Waals surface area contributed by atoms with Crippen LogP contribution in [0.25, 0.3) is 0 Å². The Morgan fingerprint density at radius 3 is 2.35 bits per heavy atom. The Balaban J connectivity index is 1.93. The van der Waals surface area contributed by atoms with E-state index in [1.54, 1.807) is 24.3 Å². The Bertz CT molecular complexity index is 803. The lowest BCUT2D eigenvalue weighted by atomic mass is 10.3. The van der Waals surface area contributed by atoms with Crippen molar-refractivity contribution in [1.82, 2.24) is 9.55 Å². The van der Waals surface area contributed by atoms with E-state index in [1.807, 2.05) is 0 Å². The second-order valence-electron chi connectivity index (χ2n) is 5.34. The van der Waals surface area contributed by atoms with Gasteiger partial charge in [-0.15, -0.1) is 0 Å². The number of imidazole rings is 1. The third-order valence-corrected chi connectivity index (χ3v) is 4.19. The van der Waals surface area contributed by atoms with Crippen LogP contribution in [0.4, 0.5) is 11.4 Å². The van der Waals surface area contributed by atoms with Gasteiger partial charge in [-0.25, -0.2) is 4.98 Å². The fraction of sp³-hybridized carbons (Fsp3) is 0.250. The van der Waals surface area contributed by atoms with E-state index in [0.717, 1.165) is 11.8 Å². The lowest BCUT2D eigenvalue weighted by Gasteiger charge is -2.09. The van der Waals surface area contributed by atoms with Gasteiger partial charge in [0, 0.05) is 18.3 Å². The number of thioether (sulfide) groups is 1. The molecule has 1 heterocycles. The smallest absolute Gasteiger partial charge is 0.237 e. The van der Waals surface area contributed by atoms with E-state index in [0.29, 0.717) is 22.2 Å². The van der Waals surface area contributed by atoms with Gasteiger partial charge in [0.25, 0.3) is 0 Å². The van der Waals surface area contributed by atoms with Gasteiger partial charge in [0.1, 0.15) is 6.54 Å². The molecule has 0 aliphatic carbocycles. The van der Waals surface area contributed by atoms with E-state index in [1.165, 1.54) is 17.7 Å². The second-order valence-corrected chi connectivity index (χ2v) is 6.28. The molecule has 5 N–H and O–H groups in total. The summed E-state index contributed by atoms with van der Waals surface area (Å²) in [5, 5.41) is 15.0. The average molecular weight is 377 g/mol. The molecule has 138 valence electrons. The van der Waals surface area contributed by atoms with Crippen LogP contribution in [0, 0.1) is 0 Å². The van der Waals surface area contributed by atoms with Crippen LogP contribution in [-0.2, 0) is 27.5 Å². The van der Waals surface area contributed by atoms with Crippen LogP contribution >= 0.6 is 11.8 Å². The Labute approximate surface area is 154 Å². The molecule has 0 fully saturated rings. The number of aliphatic hydroxyl groups excluding tert-OH is 1. The number of aliphatic hydroxyl groups is 1. The fourth-order valence-corrected chi connectivity index (χ4v) is 2.92. The summed E-state index contributed by atoms with van der Waals surface area (Å²) >= 11 is 1.13. The highest BCUT2D eigenvalue weighted by Gasteiger charge is 2.13. The molecule has 0 bridgehead atoms. The first kappa shape index (κ1) is 19.5. The zero-order valence-electron chi connectivity index (χ0n) is 14.1. The summed E-state index contributed by atoms with van der Waals surface area (Å²) in [7, 11) is 0. The fourth-order valence-electron chi connectivity index (χ4n) is 2.13. The number of nitrogens with one attached hydrogen (secondary N) is 2. The van der Waals surface area contributed by atoms with Gasteiger partial charge < -0.3 is 26.0 Å². The standard InChI is InChI=1S/C16H19N5O4S/c1-10(23)19-11-2-4-12(5-3-11)20-15(25)9-26-16-18-6-13(8-22)21(16)7-14(17)24/h2-6,22H,7-9H2,1H3,(H2,17,24)(H,19,23)(H,20,25). The Morgan fingerprint density at radius 2 is 1.81 bits per heavy atom. The SMILES string of the molecule is CC(=O)Nc1ccc(NC(=O)CSc2ncc(CO)n2CC(N)=O)cc1. The van der Waals surface area contributed by atoms with Crippen molar-refractivity contribution < 1.29 is 19.5 Å². The zero-order valence-corrected chi connectivity index (χ0v) is 14.9. The number of primary amides is 1. The summed E-state index contributed by atoms with van der Waals surface area (Å²) in [6, 6.07) is 6.70. The molecule has 0 spiro atoms. The maximum Gasteiger partial charge on any atom is 0.237 e. The number of rotatable bonds is 8. The molecule has 0 aliphatic heterocycles. The van der Waals surface area contributed by atoms with Crippen molar-refractivity contribution in [3.63, 3.8) is 0 Å². The normalized spacial score (nSPS) is 10.4. The summed E-state index contributed by atoms with van der Waals surface area (Å²) in [5.74, 6) is -0.940. The Morgan fingerprint density at radius 1 is 1.19 bits per heavy atom. The Hall–Kier alpha value is -2.85. The zero-order chi connectivity index (χ0) is 19.1. The number of nitrogens with two attached hydrogens (primary N) is 1. The first-order valence-corrected chi connectivity index (χ1v) is 8.61. The maximum absolute atomic E-state index is 12.1. The molecular formula is C16H19N5O4S. The van der Waals surface area contributed by atoms with E-state index in [4.69, 9.17) is 5.73 Å². The minimum Gasteiger partial charge on any atom is -0.390 e. The Kier molecular flexibility index (Phi) is 6.75. The number of benzene rings is 1. The first-order valence-electron chi connectivity index (χ1n) is 7.63. The number of hydrogen-bond donors (Lipinski definition) is 4. The minimum absolute atomic E-state index is 0.0636. The van der Waals surface area contributed by atoms with Crippen LogP contribution in [0.2, 0.25) is 0 Å². The predicted octanol–water partition coefficient (Wildman–Crippen LogP) is 0.550. The van der Waals surface area contributed by atoms with E-state index in [9.17, 15) is 19.5 Å². The number of nitrogens with zero attached hydrogens (tertiary/aromatic N) is 2. The molecule has 0 aliphatic rings. The van der Waals surface area contributed by atoms with Gasteiger partial charge >= 0.3 is 0 Å². The van der Waals surface area contributed by atoms with Crippen LogP contribution in [-0.4, -0.2) is 38.1 Å². The summed E-state index contributed by atoms with van der Waals surface area (Å²) in [6.07, 6.45) is 1.43. The molecule has 1 aromatic heterocycles. The number of hydrogen-bond acceptors (Lipinski definition) is 6. The molecule has 0 saturated heterocycles. The molecule has 0 unspecified atom stereocenters. The molecule has 2 rings (SSSR count). The van der Waals surface area contributed by atoms with Crippen molar-refractivity contribution in [2.75, 3.05) is 16.4 Å². The largest absolute Gasteiger partial charge is 0.390 e. The van der Waals surface area contributed by atoms with Gasteiger partial charge in [-0.3, -0.25) is 14.4 Å². The molecule has 10 heteroatoms. The van der Waals surface area contributed by atoms with Gasteiger partial charge in [0.2, 0.25) is 17.7 Å². The number of anilines is 2. The van der Waals surface area contributed by atoms with Crippen LogP contribution in [0.15, 0.2) is 35.6 Å². The molecule has 0 saturated carbocycles. The maximum atomic E-state index is 12.1. The molecule has 0 atom stereocenters. The highest BCUT2D eigenvalue weighted by atomic mass is 32.2.